The maximum absolute atomic E-state index is 12.3. The number of aromatic amines is 1. The highest BCUT2D eigenvalue weighted by atomic mass is 16.5. The Balaban J connectivity index is 1.98. The van der Waals surface area contributed by atoms with Crippen LogP contribution in [-0.2, 0) is 4.74 Å². The zero-order chi connectivity index (χ0) is 14.0. The molecule has 2 heterocycles. The van der Waals surface area contributed by atoms with Crippen molar-refractivity contribution in [3.8, 4) is 0 Å². The van der Waals surface area contributed by atoms with E-state index < -0.39 is 0 Å². The lowest BCUT2D eigenvalue weighted by Crippen LogP contribution is -2.37. The Labute approximate surface area is 115 Å². The van der Waals surface area contributed by atoms with Gasteiger partial charge in [-0.1, -0.05) is 6.92 Å². The van der Waals surface area contributed by atoms with E-state index in [1.165, 1.54) is 0 Å². The van der Waals surface area contributed by atoms with Gasteiger partial charge in [0.2, 0.25) is 0 Å². The second kappa shape index (κ2) is 5.78. The Bertz CT molecular complexity index is 457. The minimum absolute atomic E-state index is 0.0734. The number of rotatable bonds is 3. The number of hydrogen-bond acceptors (Lipinski definition) is 3. The first-order chi connectivity index (χ1) is 9.02. The normalized spacial score (nSPS) is 17.7. The van der Waals surface area contributed by atoms with Crippen molar-refractivity contribution >= 4 is 5.97 Å². The Kier molecular flexibility index (Phi) is 4.30. The van der Waals surface area contributed by atoms with Crippen LogP contribution in [0.2, 0.25) is 0 Å². The van der Waals surface area contributed by atoms with Crippen molar-refractivity contribution in [2.45, 2.75) is 46.6 Å². The van der Waals surface area contributed by atoms with Gasteiger partial charge in [-0.3, -0.25) is 0 Å². The van der Waals surface area contributed by atoms with Gasteiger partial charge in [0.05, 0.1) is 5.56 Å². The molecule has 1 aliphatic rings. The molecule has 4 heteroatoms. The summed E-state index contributed by atoms with van der Waals surface area (Å²) in [5.74, 6) is -0.172. The zero-order valence-corrected chi connectivity index (χ0v) is 12.4. The summed E-state index contributed by atoms with van der Waals surface area (Å²) in [4.78, 5) is 17.9. The fourth-order valence-electron chi connectivity index (χ4n) is 2.77. The van der Waals surface area contributed by atoms with Crippen molar-refractivity contribution in [3.05, 3.63) is 22.5 Å². The van der Waals surface area contributed by atoms with Crippen molar-refractivity contribution in [2.75, 3.05) is 19.6 Å². The van der Waals surface area contributed by atoms with E-state index in [-0.39, 0.29) is 12.1 Å². The van der Waals surface area contributed by atoms with Gasteiger partial charge in [-0.25, -0.2) is 4.79 Å². The summed E-state index contributed by atoms with van der Waals surface area (Å²) in [6, 6.07) is 0. The van der Waals surface area contributed by atoms with Gasteiger partial charge in [-0.05, 0) is 45.7 Å². The highest BCUT2D eigenvalue weighted by molar-refractivity contribution is 5.92. The molecule has 0 radical (unpaired) electrons. The quantitative estimate of drug-likeness (QED) is 0.853. The van der Waals surface area contributed by atoms with E-state index in [2.05, 4.69) is 16.8 Å². The summed E-state index contributed by atoms with van der Waals surface area (Å²) in [6.45, 7) is 11.2. The molecule has 0 atom stereocenters. The minimum atomic E-state index is -0.172. The highest BCUT2D eigenvalue weighted by Crippen LogP contribution is 2.21. The number of esters is 1. The SMILES string of the molecule is CCN1CCC(OC(=O)c2c(C)[nH]c(C)c2C)CC1. The Morgan fingerprint density at radius 3 is 2.37 bits per heavy atom. The van der Waals surface area contributed by atoms with Gasteiger partial charge < -0.3 is 14.6 Å². The molecule has 0 spiro atoms. The second-order valence-electron chi connectivity index (χ2n) is 5.41. The predicted octanol–water partition coefficient (Wildman–Crippen LogP) is 2.58. The van der Waals surface area contributed by atoms with E-state index in [0.717, 1.165) is 55.0 Å². The summed E-state index contributed by atoms with van der Waals surface area (Å²) < 4.78 is 5.66. The standard InChI is InChI=1S/C15H24N2O2/c1-5-17-8-6-13(7-9-17)19-15(18)14-10(2)11(3)16-12(14)4/h13,16H,5-9H2,1-4H3. The van der Waals surface area contributed by atoms with E-state index in [4.69, 9.17) is 4.74 Å². The van der Waals surface area contributed by atoms with Crippen molar-refractivity contribution in [2.24, 2.45) is 0 Å². The van der Waals surface area contributed by atoms with Crippen LogP contribution in [0.25, 0.3) is 0 Å². The predicted molar refractivity (Wildman–Crippen MR) is 75.6 cm³/mol. The zero-order valence-electron chi connectivity index (χ0n) is 12.4. The molecule has 0 amide bonds. The molecule has 19 heavy (non-hydrogen) atoms. The molecular formula is C15H24N2O2. The van der Waals surface area contributed by atoms with Gasteiger partial charge in [-0.2, -0.15) is 0 Å². The number of piperidine rings is 1. The summed E-state index contributed by atoms with van der Waals surface area (Å²) in [5.41, 5.74) is 3.68. The molecule has 0 aromatic carbocycles. The lowest BCUT2D eigenvalue weighted by atomic mass is 10.1. The van der Waals surface area contributed by atoms with Crippen molar-refractivity contribution in [1.29, 1.82) is 0 Å². The first-order valence-electron chi connectivity index (χ1n) is 7.12. The second-order valence-corrected chi connectivity index (χ2v) is 5.41. The number of carbonyl (C=O) groups is 1. The number of hydrogen-bond donors (Lipinski definition) is 1. The van der Waals surface area contributed by atoms with E-state index >= 15 is 0 Å². The lowest BCUT2D eigenvalue weighted by Gasteiger charge is -2.30. The number of ether oxygens (including phenoxy) is 1. The minimum Gasteiger partial charge on any atom is -0.459 e. The van der Waals surface area contributed by atoms with E-state index in [1.807, 2.05) is 20.8 Å². The fourth-order valence-corrected chi connectivity index (χ4v) is 2.77. The molecule has 2 rings (SSSR count). The number of H-pyrrole nitrogens is 1. The molecule has 0 saturated carbocycles. The average molecular weight is 264 g/mol. The monoisotopic (exact) mass is 264 g/mol. The topological polar surface area (TPSA) is 45.3 Å². The van der Waals surface area contributed by atoms with Gasteiger partial charge >= 0.3 is 5.97 Å². The van der Waals surface area contributed by atoms with E-state index in [1.54, 1.807) is 0 Å². The number of aryl methyl sites for hydroxylation is 2. The molecule has 0 aliphatic carbocycles. The van der Waals surface area contributed by atoms with Crippen LogP contribution in [0.4, 0.5) is 0 Å². The first kappa shape index (κ1) is 14.1. The molecule has 1 fully saturated rings. The van der Waals surface area contributed by atoms with Crippen LogP contribution >= 0.6 is 0 Å². The average Bonchev–Trinajstić information content (AvgIpc) is 2.64. The van der Waals surface area contributed by atoms with Crippen molar-refractivity contribution in [1.82, 2.24) is 9.88 Å². The van der Waals surface area contributed by atoms with Gasteiger partial charge in [0.25, 0.3) is 0 Å². The summed E-state index contributed by atoms with van der Waals surface area (Å²) in [5, 5.41) is 0. The number of nitrogens with zero attached hydrogens (tertiary/aromatic N) is 1. The van der Waals surface area contributed by atoms with Crippen LogP contribution < -0.4 is 0 Å². The largest absolute Gasteiger partial charge is 0.459 e. The van der Waals surface area contributed by atoms with Crippen molar-refractivity contribution < 1.29 is 9.53 Å². The first-order valence-corrected chi connectivity index (χ1v) is 7.12. The third-order valence-electron chi connectivity index (χ3n) is 4.15. The molecule has 106 valence electrons. The number of aromatic nitrogens is 1. The maximum atomic E-state index is 12.3. The molecular weight excluding hydrogens is 240 g/mol. The third-order valence-corrected chi connectivity index (χ3v) is 4.15. The van der Waals surface area contributed by atoms with Crippen LogP contribution in [0.15, 0.2) is 0 Å². The molecule has 1 saturated heterocycles. The van der Waals surface area contributed by atoms with E-state index in [9.17, 15) is 4.79 Å². The third kappa shape index (κ3) is 3.00. The van der Waals surface area contributed by atoms with Gasteiger partial charge in [-0.15, -0.1) is 0 Å². The Morgan fingerprint density at radius 1 is 1.26 bits per heavy atom. The van der Waals surface area contributed by atoms with Gasteiger partial charge in [0.15, 0.2) is 0 Å². The Morgan fingerprint density at radius 2 is 1.89 bits per heavy atom. The summed E-state index contributed by atoms with van der Waals surface area (Å²) >= 11 is 0. The molecule has 1 aromatic rings. The van der Waals surface area contributed by atoms with Crippen LogP contribution in [0.1, 0.15) is 47.1 Å². The number of carbonyl (C=O) groups excluding carboxylic acids is 1. The molecule has 1 aromatic heterocycles. The smallest absolute Gasteiger partial charge is 0.340 e. The molecule has 4 nitrogen and oxygen atoms in total. The molecule has 1 N–H and O–H groups in total. The van der Waals surface area contributed by atoms with Crippen LogP contribution in [-0.4, -0.2) is 41.6 Å². The molecule has 1 aliphatic heterocycles. The summed E-state index contributed by atoms with van der Waals surface area (Å²) in [7, 11) is 0. The fraction of sp³-hybridized carbons (Fsp3) is 0.667. The molecule has 0 unspecified atom stereocenters. The maximum Gasteiger partial charge on any atom is 0.340 e. The van der Waals surface area contributed by atoms with Crippen LogP contribution in [0.3, 0.4) is 0 Å². The lowest BCUT2D eigenvalue weighted by molar-refractivity contribution is 0.0118. The van der Waals surface area contributed by atoms with E-state index in [0.29, 0.717) is 0 Å². The molecule has 0 bridgehead atoms. The van der Waals surface area contributed by atoms with Crippen molar-refractivity contribution in [3.63, 3.8) is 0 Å². The van der Waals surface area contributed by atoms with Gasteiger partial charge in [0, 0.05) is 24.5 Å². The highest BCUT2D eigenvalue weighted by Gasteiger charge is 2.24. The summed E-state index contributed by atoms with van der Waals surface area (Å²) in [6.07, 6.45) is 1.96. The Hall–Kier alpha value is -1.29. The number of likely N-dealkylation sites (tertiary alicyclic amines) is 1. The van der Waals surface area contributed by atoms with Crippen LogP contribution in [0.5, 0.6) is 0 Å². The number of nitrogens with one attached hydrogen (secondary N) is 1. The van der Waals surface area contributed by atoms with Gasteiger partial charge in [0.1, 0.15) is 6.10 Å². The van der Waals surface area contributed by atoms with Crippen LogP contribution in [0, 0.1) is 20.8 Å².